The Morgan fingerprint density at radius 2 is 1.97 bits per heavy atom. The van der Waals surface area contributed by atoms with Gasteiger partial charge >= 0.3 is 6.03 Å². The van der Waals surface area contributed by atoms with Crippen LogP contribution in [-0.2, 0) is 9.63 Å². The van der Waals surface area contributed by atoms with Crippen molar-refractivity contribution in [2.24, 2.45) is 5.16 Å². The predicted molar refractivity (Wildman–Crippen MR) is 110 cm³/mol. The number of rotatable bonds is 3. The molecule has 0 atom stereocenters. The van der Waals surface area contributed by atoms with Gasteiger partial charge in [-0.3, -0.25) is 4.79 Å². The van der Waals surface area contributed by atoms with Gasteiger partial charge in [0.1, 0.15) is 22.9 Å². The Balaban J connectivity index is 1.29. The number of anilines is 2. The van der Waals surface area contributed by atoms with Crippen LogP contribution in [0.25, 0.3) is 0 Å². The highest BCUT2D eigenvalue weighted by Crippen LogP contribution is 2.35. The fourth-order valence-corrected chi connectivity index (χ4v) is 3.55. The number of likely N-dealkylation sites (tertiary alicyclic amines) is 1. The SMILES string of the molecule is O=C(Nc1ccc(Cl)cn1)C1=NOC2(CCN(C(=O)Nc3cccc(F)c3)CC2)C1. The lowest BCUT2D eigenvalue weighted by atomic mass is 9.87. The molecule has 0 bridgehead atoms. The van der Waals surface area contributed by atoms with E-state index in [2.05, 4.69) is 20.8 Å². The fourth-order valence-electron chi connectivity index (χ4n) is 3.44. The van der Waals surface area contributed by atoms with E-state index in [4.69, 9.17) is 16.4 Å². The number of carbonyl (C=O) groups is 2. The zero-order chi connectivity index (χ0) is 21.1. The molecule has 156 valence electrons. The minimum Gasteiger partial charge on any atom is -0.388 e. The van der Waals surface area contributed by atoms with E-state index in [-0.39, 0.29) is 17.6 Å². The standard InChI is InChI=1S/C20H19ClFN5O3/c21-13-4-5-17(23-12-13)25-18(28)16-11-20(30-26-16)6-8-27(9-7-20)19(29)24-15-3-1-2-14(22)10-15/h1-5,10,12H,6-9,11H2,(H,24,29)(H,23,25,28). The monoisotopic (exact) mass is 431 g/mol. The van der Waals surface area contributed by atoms with Crippen molar-refractivity contribution in [2.75, 3.05) is 23.7 Å². The van der Waals surface area contributed by atoms with Crippen LogP contribution >= 0.6 is 11.6 Å². The van der Waals surface area contributed by atoms with Gasteiger partial charge in [0.2, 0.25) is 0 Å². The second-order valence-electron chi connectivity index (χ2n) is 7.23. The lowest BCUT2D eigenvalue weighted by Crippen LogP contribution is -2.48. The summed E-state index contributed by atoms with van der Waals surface area (Å²) in [5.41, 5.74) is 0.0790. The maximum Gasteiger partial charge on any atom is 0.321 e. The molecule has 0 radical (unpaired) electrons. The topological polar surface area (TPSA) is 95.9 Å². The molecule has 2 N–H and O–H groups in total. The Morgan fingerprint density at radius 1 is 1.17 bits per heavy atom. The van der Waals surface area contributed by atoms with Gasteiger partial charge in [-0.05, 0) is 30.3 Å². The number of piperidine rings is 1. The molecule has 30 heavy (non-hydrogen) atoms. The highest BCUT2D eigenvalue weighted by Gasteiger charge is 2.44. The second kappa shape index (κ2) is 8.27. The molecule has 2 aliphatic heterocycles. The molecule has 2 aliphatic rings. The minimum atomic E-state index is -0.601. The summed E-state index contributed by atoms with van der Waals surface area (Å²) >= 11 is 5.79. The number of urea groups is 1. The summed E-state index contributed by atoms with van der Waals surface area (Å²) in [6.45, 7) is 0.870. The van der Waals surface area contributed by atoms with Gasteiger partial charge in [0, 0.05) is 44.2 Å². The van der Waals surface area contributed by atoms with Gasteiger partial charge in [-0.25, -0.2) is 14.2 Å². The van der Waals surface area contributed by atoms with Crippen molar-refractivity contribution in [1.29, 1.82) is 0 Å². The summed E-state index contributed by atoms with van der Waals surface area (Å²) in [6, 6.07) is 8.66. The van der Waals surface area contributed by atoms with Crippen molar-refractivity contribution in [3.8, 4) is 0 Å². The van der Waals surface area contributed by atoms with Crippen molar-refractivity contribution >= 4 is 40.8 Å². The van der Waals surface area contributed by atoms with Crippen molar-refractivity contribution in [3.63, 3.8) is 0 Å². The van der Waals surface area contributed by atoms with Crippen molar-refractivity contribution in [3.05, 3.63) is 53.4 Å². The number of carbonyl (C=O) groups excluding carboxylic acids is 2. The molecule has 1 saturated heterocycles. The smallest absolute Gasteiger partial charge is 0.321 e. The number of amides is 3. The fraction of sp³-hybridized carbons (Fsp3) is 0.300. The number of hydrogen-bond acceptors (Lipinski definition) is 5. The second-order valence-corrected chi connectivity index (χ2v) is 7.67. The number of oxime groups is 1. The Bertz CT molecular complexity index is 990. The third kappa shape index (κ3) is 4.51. The van der Waals surface area contributed by atoms with Gasteiger partial charge in [-0.15, -0.1) is 0 Å². The van der Waals surface area contributed by atoms with Crippen LogP contribution in [0.4, 0.5) is 20.7 Å². The van der Waals surface area contributed by atoms with Crippen LogP contribution in [0.2, 0.25) is 5.02 Å². The molecule has 1 fully saturated rings. The quantitative estimate of drug-likeness (QED) is 0.775. The number of pyridine rings is 1. The maximum absolute atomic E-state index is 13.3. The predicted octanol–water partition coefficient (Wildman–Crippen LogP) is 3.66. The molecule has 1 aromatic carbocycles. The summed E-state index contributed by atoms with van der Waals surface area (Å²) in [6.07, 6.45) is 2.86. The molecule has 0 saturated carbocycles. The summed E-state index contributed by atoms with van der Waals surface area (Å²) < 4.78 is 13.3. The number of halogens is 2. The Labute approximate surface area is 177 Å². The molecule has 3 amide bonds. The van der Waals surface area contributed by atoms with Crippen LogP contribution < -0.4 is 10.6 Å². The third-order valence-corrected chi connectivity index (χ3v) is 5.33. The van der Waals surface area contributed by atoms with E-state index in [1.807, 2.05) is 0 Å². The molecular weight excluding hydrogens is 413 g/mol. The highest BCUT2D eigenvalue weighted by molar-refractivity contribution is 6.43. The van der Waals surface area contributed by atoms with Crippen LogP contribution in [0.5, 0.6) is 0 Å². The number of nitrogens with zero attached hydrogens (tertiary/aromatic N) is 3. The first-order valence-electron chi connectivity index (χ1n) is 9.42. The van der Waals surface area contributed by atoms with Crippen molar-refractivity contribution in [2.45, 2.75) is 24.9 Å². The van der Waals surface area contributed by atoms with E-state index in [1.165, 1.54) is 24.4 Å². The van der Waals surface area contributed by atoms with Gasteiger partial charge in [-0.1, -0.05) is 22.8 Å². The van der Waals surface area contributed by atoms with Crippen LogP contribution in [0.1, 0.15) is 19.3 Å². The van der Waals surface area contributed by atoms with Crippen LogP contribution in [-0.4, -0.2) is 46.2 Å². The van der Waals surface area contributed by atoms with Gasteiger partial charge in [0.05, 0.1) is 5.02 Å². The van der Waals surface area contributed by atoms with E-state index >= 15 is 0 Å². The normalized spacial score (nSPS) is 17.3. The minimum absolute atomic E-state index is 0.282. The number of benzene rings is 1. The van der Waals surface area contributed by atoms with Gasteiger partial charge in [0.15, 0.2) is 0 Å². The average molecular weight is 432 g/mol. The van der Waals surface area contributed by atoms with E-state index < -0.39 is 11.4 Å². The number of aromatic nitrogens is 1. The third-order valence-electron chi connectivity index (χ3n) is 5.11. The summed E-state index contributed by atoms with van der Waals surface area (Å²) in [5.74, 6) is -0.425. The lowest BCUT2D eigenvalue weighted by Gasteiger charge is -2.37. The number of nitrogens with one attached hydrogen (secondary N) is 2. The molecular formula is C20H19ClFN5O3. The molecule has 10 heteroatoms. The first-order valence-corrected chi connectivity index (χ1v) is 9.80. The lowest BCUT2D eigenvalue weighted by molar-refractivity contribution is -0.110. The first-order chi connectivity index (χ1) is 14.4. The highest BCUT2D eigenvalue weighted by atomic mass is 35.5. The van der Waals surface area contributed by atoms with Crippen LogP contribution in [0, 0.1) is 5.82 Å². The average Bonchev–Trinajstić information content (AvgIpc) is 3.14. The van der Waals surface area contributed by atoms with Crippen LogP contribution in [0.15, 0.2) is 47.8 Å². The van der Waals surface area contributed by atoms with E-state index in [9.17, 15) is 14.0 Å². The molecule has 3 heterocycles. The Kier molecular flexibility index (Phi) is 5.54. The van der Waals surface area contributed by atoms with Crippen molar-refractivity contribution < 1.29 is 18.8 Å². The zero-order valence-electron chi connectivity index (χ0n) is 15.9. The molecule has 1 aromatic heterocycles. The van der Waals surface area contributed by atoms with E-state index in [0.29, 0.717) is 48.9 Å². The number of hydrogen-bond donors (Lipinski definition) is 2. The maximum atomic E-state index is 13.3. The summed E-state index contributed by atoms with van der Waals surface area (Å²) in [7, 11) is 0. The van der Waals surface area contributed by atoms with Crippen LogP contribution in [0.3, 0.4) is 0 Å². The van der Waals surface area contributed by atoms with Gasteiger partial charge in [0.25, 0.3) is 5.91 Å². The molecule has 2 aromatic rings. The first kappa shape index (κ1) is 20.1. The molecule has 8 nitrogen and oxygen atoms in total. The molecule has 0 unspecified atom stereocenters. The summed E-state index contributed by atoms with van der Waals surface area (Å²) in [4.78, 5) is 36.1. The summed E-state index contributed by atoms with van der Waals surface area (Å²) in [5, 5.41) is 9.79. The zero-order valence-corrected chi connectivity index (χ0v) is 16.7. The molecule has 1 spiro atoms. The van der Waals surface area contributed by atoms with Gasteiger partial charge < -0.3 is 20.4 Å². The van der Waals surface area contributed by atoms with E-state index in [1.54, 1.807) is 23.1 Å². The Morgan fingerprint density at radius 3 is 2.67 bits per heavy atom. The Hall–Kier alpha value is -3.20. The van der Waals surface area contributed by atoms with E-state index in [0.717, 1.165) is 0 Å². The molecule has 4 rings (SSSR count). The molecule has 0 aliphatic carbocycles. The van der Waals surface area contributed by atoms with Gasteiger partial charge in [-0.2, -0.15) is 0 Å². The van der Waals surface area contributed by atoms with Crippen molar-refractivity contribution in [1.82, 2.24) is 9.88 Å². The largest absolute Gasteiger partial charge is 0.388 e.